The summed E-state index contributed by atoms with van der Waals surface area (Å²) in [7, 11) is 0. The second-order valence-corrected chi connectivity index (χ2v) is 5.07. The summed E-state index contributed by atoms with van der Waals surface area (Å²) in [5, 5.41) is 2.06. The minimum Gasteiger partial charge on any atom is -0.449 e. The fourth-order valence-electron chi connectivity index (χ4n) is 2.21. The average molecular weight is 331 g/mol. The molecule has 2 amide bonds. The minimum absolute atomic E-state index is 0.0714. The molecule has 0 fully saturated rings. The van der Waals surface area contributed by atoms with Crippen LogP contribution in [0, 0.1) is 6.92 Å². The van der Waals surface area contributed by atoms with Gasteiger partial charge >= 0.3 is 12.2 Å². The predicted octanol–water partition coefficient (Wildman–Crippen LogP) is 3.16. The molecule has 128 valence electrons. The third-order valence-electron chi connectivity index (χ3n) is 3.29. The number of rotatable bonds is 4. The van der Waals surface area contributed by atoms with Crippen molar-refractivity contribution in [3.63, 3.8) is 0 Å². The van der Waals surface area contributed by atoms with Gasteiger partial charge in [-0.1, -0.05) is 24.3 Å². The second-order valence-electron chi connectivity index (χ2n) is 5.07. The van der Waals surface area contributed by atoms with Gasteiger partial charge in [0.25, 0.3) is 0 Å². The van der Waals surface area contributed by atoms with Crippen LogP contribution >= 0.6 is 0 Å². The van der Waals surface area contributed by atoms with Crippen molar-refractivity contribution in [2.24, 2.45) is 0 Å². The third-order valence-corrected chi connectivity index (χ3v) is 3.29. The Kier molecular flexibility index (Phi) is 5.95. The summed E-state index contributed by atoms with van der Waals surface area (Å²) >= 11 is 0. The average Bonchev–Trinajstić information content (AvgIpc) is 2.55. The molecule has 1 aromatic carbocycles. The lowest BCUT2D eigenvalue weighted by Crippen LogP contribution is -2.46. The van der Waals surface area contributed by atoms with Gasteiger partial charge in [0.2, 0.25) is 0 Å². The van der Waals surface area contributed by atoms with Gasteiger partial charge in [0, 0.05) is 5.39 Å². The SMILES string of the molecule is CCOC(=O)NN(Cc1ccc2cccc(C)c2n1)C(=O)OCC. The number of ether oxygens (including phenoxy) is 2. The molecule has 0 aliphatic carbocycles. The fourth-order valence-corrected chi connectivity index (χ4v) is 2.21. The van der Waals surface area contributed by atoms with Crippen molar-refractivity contribution >= 4 is 23.1 Å². The summed E-state index contributed by atoms with van der Waals surface area (Å²) in [6.45, 7) is 5.82. The van der Waals surface area contributed by atoms with Crippen LogP contribution in [0.1, 0.15) is 25.1 Å². The van der Waals surface area contributed by atoms with E-state index in [0.717, 1.165) is 21.5 Å². The molecule has 7 nitrogen and oxygen atoms in total. The van der Waals surface area contributed by atoms with Crippen molar-refractivity contribution in [2.75, 3.05) is 13.2 Å². The van der Waals surface area contributed by atoms with E-state index in [2.05, 4.69) is 10.4 Å². The largest absolute Gasteiger partial charge is 0.449 e. The maximum Gasteiger partial charge on any atom is 0.429 e. The first-order valence-electron chi connectivity index (χ1n) is 7.78. The highest BCUT2D eigenvalue weighted by Crippen LogP contribution is 2.17. The van der Waals surface area contributed by atoms with Gasteiger partial charge < -0.3 is 9.47 Å². The minimum atomic E-state index is -0.720. The van der Waals surface area contributed by atoms with E-state index in [0.29, 0.717) is 5.69 Å². The standard InChI is InChI=1S/C17H21N3O4/c1-4-23-16(21)19-20(17(22)24-5-2)11-14-10-9-13-8-6-7-12(3)15(13)18-14/h6-10H,4-5,11H2,1-3H3,(H,19,21). The van der Waals surface area contributed by atoms with Gasteiger partial charge in [-0.3, -0.25) is 4.98 Å². The first-order chi connectivity index (χ1) is 11.5. The van der Waals surface area contributed by atoms with Gasteiger partial charge in [-0.15, -0.1) is 0 Å². The van der Waals surface area contributed by atoms with E-state index < -0.39 is 12.2 Å². The number of hydrazine groups is 1. The van der Waals surface area contributed by atoms with Gasteiger partial charge in [-0.2, -0.15) is 0 Å². The molecular weight excluding hydrogens is 310 g/mol. The molecule has 0 aliphatic rings. The molecule has 1 N–H and O–H groups in total. The van der Waals surface area contributed by atoms with Crippen LogP contribution in [0.5, 0.6) is 0 Å². The molecule has 0 radical (unpaired) electrons. The Bertz CT molecular complexity index is 733. The van der Waals surface area contributed by atoms with Crippen molar-refractivity contribution in [3.05, 3.63) is 41.6 Å². The number of para-hydroxylation sites is 1. The smallest absolute Gasteiger partial charge is 0.429 e. The molecule has 0 atom stereocenters. The lowest BCUT2D eigenvalue weighted by molar-refractivity contribution is 0.0707. The van der Waals surface area contributed by atoms with Crippen molar-refractivity contribution < 1.29 is 19.1 Å². The number of nitrogens with zero attached hydrogens (tertiary/aromatic N) is 2. The zero-order valence-electron chi connectivity index (χ0n) is 14.0. The highest BCUT2D eigenvalue weighted by molar-refractivity contribution is 5.81. The number of aromatic nitrogens is 1. The van der Waals surface area contributed by atoms with Gasteiger partial charge in [-0.05, 0) is 32.4 Å². The van der Waals surface area contributed by atoms with Crippen LogP contribution in [0.4, 0.5) is 9.59 Å². The molecule has 7 heteroatoms. The van der Waals surface area contributed by atoms with Crippen LogP contribution in [-0.4, -0.2) is 35.4 Å². The molecule has 0 bridgehead atoms. The Balaban J connectivity index is 2.22. The Morgan fingerprint density at radius 3 is 2.58 bits per heavy atom. The van der Waals surface area contributed by atoms with Crippen LogP contribution in [0.25, 0.3) is 10.9 Å². The van der Waals surface area contributed by atoms with Crippen molar-refractivity contribution in [2.45, 2.75) is 27.3 Å². The quantitative estimate of drug-likeness (QED) is 0.870. The summed E-state index contributed by atoms with van der Waals surface area (Å²) in [5.74, 6) is 0. The number of carbonyl (C=O) groups is 2. The number of hydrogen-bond acceptors (Lipinski definition) is 5. The van der Waals surface area contributed by atoms with Crippen LogP contribution < -0.4 is 5.43 Å². The number of nitrogens with one attached hydrogen (secondary N) is 1. The molecule has 1 aromatic heterocycles. The molecule has 0 aliphatic heterocycles. The van der Waals surface area contributed by atoms with Crippen molar-refractivity contribution in [1.29, 1.82) is 0 Å². The Morgan fingerprint density at radius 2 is 1.88 bits per heavy atom. The van der Waals surface area contributed by atoms with E-state index in [9.17, 15) is 9.59 Å². The number of amides is 2. The predicted molar refractivity (Wildman–Crippen MR) is 89.2 cm³/mol. The first-order valence-corrected chi connectivity index (χ1v) is 7.78. The number of carbonyl (C=O) groups excluding carboxylic acids is 2. The summed E-state index contributed by atoms with van der Waals surface area (Å²) < 4.78 is 9.76. The number of benzene rings is 1. The number of pyridine rings is 1. The maximum absolute atomic E-state index is 12.0. The summed E-state index contributed by atoms with van der Waals surface area (Å²) in [4.78, 5) is 28.2. The van der Waals surface area contributed by atoms with E-state index in [1.807, 2.05) is 31.2 Å². The van der Waals surface area contributed by atoms with Crippen LogP contribution in [0.2, 0.25) is 0 Å². The molecule has 24 heavy (non-hydrogen) atoms. The highest BCUT2D eigenvalue weighted by atomic mass is 16.6. The Morgan fingerprint density at radius 1 is 1.12 bits per heavy atom. The molecule has 2 rings (SSSR count). The second kappa shape index (κ2) is 8.14. The molecule has 0 saturated carbocycles. The maximum atomic E-state index is 12.0. The summed E-state index contributed by atoms with van der Waals surface area (Å²) in [5.41, 5.74) is 4.89. The topological polar surface area (TPSA) is 80.8 Å². The molecule has 0 saturated heterocycles. The summed E-state index contributed by atoms with van der Waals surface area (Å²) in [6.07, 6.45) is -1.39. The molecule has 0 unspecified atom stereocenters. The first kappa shape index (κ1) is 17.5. The lowest BCUT2D eigenvalue weighted by atomic mass is 10.1. The molecular formula is C17H21N3O4. The summed E-state index contributed by atoms with van der Waals surface area (Å²) in [6, 6.07) is 9.64. The van der Waals surface area contributed by atoms with E-state index in [1.165, 1.54) is 0 Å². The number of hydrogen-bond donors (Lipinski definition) is 1. The van der Waals surface area contributed by atoms with E-state index in [1.54, 1.807) is 19.9 Å². The number of fused-ring (bicyclic) bond motifs is 1. The monoisotopic (exact) mass is 331 g/mol. The van der Waals surface area contributed by atoms with Gasteiger partial charge in [0.15, 0.2) is 0 Å². The molecule has 0 spiro atoms. The van der Waals surface area contributed by atoms with Gasteiger partial charge in [0.05, 0.1) is 31.0 Å². The normalized spacial score (nSPS) is 10.3. The zero-order valence-corrected chi connectivity index (χ0v) is 14.0. The van der Waals surface area contributed by atoms with Crippen LogP contribution in [-0.2, 0) is 16.0 Å². The van der Waals surface area contributed by atoms with Crippen LogP contribution in [0.15, 0.2) is 30.3 Å². The van der Waals surface area contributed by atoms with E-state index in [4.69, 9.17) is 9.47 Å². The van der Waals surface area contributed by atoms with E-state index in [-0.39, 0.29) is 19.8 Å². The van der Waals surface area contributed by atoms with Crippen molar-refractivity contribution in [3.8, 4) is 0 Å². The molecule has 2 aromatic rings. The lowest BCUT2D eigenvalue weighted by Gasteiger charge is -2.21. The molecule has 1 heterocycles. The van der Waals surface area contributed by atoms with Gasteiger partial charge in [-0.25, -0.2) is 20.0 Å². The van der Waals surface area contributed by atoms with Gasteiger partial charge in [0.1, 0.15) is 0 Å². The Hall–Kier alpha value is -2.83. The third kappa shape index (κ3) is 4.34. The Labute approximate surface area is 140 Å². The van der Waals surface area contributed by atoms with Crippen molar-refractivity contribution in [1.82, 2.24) is 15.4 Å². The number of aryl methyl sites for hydroxylation is 1. The zero-order chi connectivity index (χ0) is 17.5. The van der Waals surface area contributed by atoms with Crippen LogP contribution in [0.3, 0.4) is 0 Å². The van der Waals surface area contributed by atoms with E-state index >= 15 is 0 Å². The fraction of sp³-hybridized carbons (Fsp3) is 0.353. The highest BCUT2D eigenvalue weighted by Gasteiger charge is 2.19.